The van der Waals surface area contributed by atoms with Gasteiger partial charge < -0.3 is 20.0 Å². The molecule has 126 valence electrons. The molecule has 1 rings (SSSR count). The minimum Gasteiger partial charge on any atom is -0.508 e. The molecule has 4 N–H and O–H groups in total. The van der Waals surface area contributed by atoms with Gasteiger partial charge in [0.05, 0.1) is 5.56 Å². The van der Waals surface area contributed by atoms with Crippen molar-refractivity contribution in [3.8, 4) is 5.75 Å². The van der Waals surface area contributed by atoms with Crippen LogP contribution in [0.5, 0.6) is 5.75 Å². The lowest BCUT2D eigenvalue weighted by molar-refractivity contribution is 0.0696. The monoisotopic (exact) mass is 332 g/mol. The first-order valence-electron chi connectivity index (χ1n) is 7.00. The topological polar surface area (TPSA) is 115 Å². The summed E-state index contributed by atoms with van der Waals surface area (Å²) in [5, 5.41) is 18.3. The molecule has 0 aromatic heterocycles. The summed E-state index contributed by atoms with van der Waals surface area (Å²) in [6, 6.07) is 4.33. The lowest BCUT2D eigenvalue weighted by Crippen LogP contribution is -2.12. The zero-order valence-electron chi connectivity index (χ0n) is 13.4. The van der Waals surface area contributed by atoms with Crippen molar-refractivity contribution in [2.45, 2.75) is 46.0 Å². The molecule has 0 bridgehead atoms. The predicted molar refractivity (Wildman–Crippen MR) is 85.6 cm³/mol. The standard InChI is InChI=1S/C11H14O3.C4H11O3P/c1-11(2,3)8-6-7(10(13)14)4-5-9(8)12;1-2-3-4-8(5,6)7/h4-6,12H,1-3H3,(H,13,14);2-4H2,1H3,(H2,5,6,7). The number of aromatic hydroxyl groups is 1. The fourth-order valence-electron chi connectivity index (χ4n) is 1.63. The number of phenols is 1. The maximum Gasteiger partial charge on any atom is 0.335 e. The highest BCUT2D eigenvalue weighted by Crippen LogP contribution is 2.35. The molecule has 0 amide bonds. The van der Waals surface area contributed by atoms with Gasteiger partial charge in [-0.1, -0.05) is 34.1 Å². The number of carboxylic acid groups (broad SMARTS) is 1. The largest absolute Gasteiger partial charge is 0.508 e. The van der Waals surface area contributed by atoms with Crippen LogP contribution < -0.4 is 0 Å². The van der Waals surface area contributed by atoms with E-state index in [-0.39, 0.29) is 22.9 Å². The molecule has 7 heteroatoms. The Morgan fingerprint density at radius 1 is 1.23 bits per heavy atom. The second-order valence-corrected chi connectivity index (χ2v) is 7.81. The van der Waals surface area contributed by atoms with Crippen molar-refractivity contribution in [3.63, 3.8) is 0 Å². The molecule has 0 aliphatic rings. The molecule has 0 saturated carbocycles. The maximum absolute atomic E-state index is 10.7. The average molecular weight is 332 g/mol. The van der Waals surface area contributed by atoms with E-state index in [9.17, 15) is 14.5 Å². The second kappa shape index (κ2) is 8.32. The molecular weight excluding hydrogens is 307 g/mol. The fraction of sp³-hybridized carbons (Fsp3) is 0.533. The van der Waals surface area contributed by atoms with Gasteiger partial charge in [0.15, 0.2) is 0 Å². The van der Waals surface area contributed by atoms with E-state index in [0.717, 1.165) is 6.42 Å². The average Bonchev–Trinajstić information content (AvgIpc) is 2.35. The highest BCUT2D eigenvalue weighted by atomic mass is 31.2. The summed E-state index contributed by atoms with van der Waals surface area (Å²) in [5.41, 5.74) is 0.598. The zero-order valence-corrected chi connectivity index (χ0v) is 14.3. The van der Waals surface area contributed by atoms with Crippen LogP contribution in [-0.2, 0) is 9.98 Å². The summed E-state index contributed by atoms with van der Waals surface area (Å²) in [7, 11) is -3.68. The molecule has 0 atom stereocenters. The molecule has 22 heavy (non-hydrogen) atoms. The molecule has 1 aromatic rings. The van der Waals surface area contributed by atoms with Crippen LogP contribution in [0.15, 0.2) is 18.2 Å². The number of hydrogen-bond donors (Lipinski definition) is 4. The van der Waals surface area contributed by atoms with E-state index in [4.69, 9.17) is 14.9 Å². The number of rotatable bonds is 4. The van der Waals surface area contributed by atoms with Crippen LogP contribution in [0.25, 0.3) is 0 Å². The molecule has 0 heterocycles. The number of benzene rings is 1. The Labute approximate surface area is 131 Å². The summed E-state index contributed by atoms with van der Waals surface area (Å²) in [6.07, 6.45) is 1.49. The summed E-state index contributed by atoms with van der Waals surface area (Å²) in [5.74, 6) is -0.835. The van der Waals surface area contributed by atoms with Crippen molar-refractivity contribution in [1.82, 2.24) is 0 Å². The van der Waals surface area contributed by atoms with Crippen LogP contribution in [0.4, 0.5) is 0 Å². The molecule has 0 aliphatic carbocycles. The van der Waals surface area contributed by atoms with Gasteiger partial charge in [-0.3, -0.25) is 4.57 Å². The Morgan fingerprint density at radius 3 is 2.09 bits per heavy atom. The van der Waals surface area contributed by atoms with Gasteiger partial charge in [0.2, 0.25) is 0 Å². The van der Waals surface area contributed by atoms with Gasteiger partial charge in [-0.15, -0.1) is 0 Å². The Bertz CT molecular complexity index is 541. The van der Waals surface area contributed by atoms with Crippen molar-refractivity contribution >= 4 is 13.6 Å². The van der Waals surface area contributed by atoms with Crippen molar-refractivity contribution < 1.29 is 29.4 Å². The smallest absolute Gasteiger partial charge is 0.335 e. The normalized spacial score (nSPS) is 11.5. The number of carboxylic acids is 1. The highest BCUT2D eigenvalue weighted by molar-refractivity contribution is 7.51. The van der Waals surface area contributed by atoms with Gasteiger partial charge >= 0.3 is 13.6 Å². The molecule has 1 aromatic carbocycles. The first-order valence-corrected chi connectivity index (χ1v) is 8.79. The SMILES string of the molecule is CC(C)(C)c1cc(C(=O)O)ccc1O.CCCCP(=O)(O)O. The van der Waals surface area contributed by atoms with Gasteiger partial charge in [0.1, 0.15) is 5.75 Å². The predicted octanol–water partition coefficient (Wildman–Crippen LogP) is 3.35. The molecular formula is C15H25O6P. The summed E-state index contributed by atoms with van der Waals surface area (Å²) < 4.78 is 10.1. The third kappa shape index (κ3) is 8.17. The first kappa shape index (κ1) is 20.6. The zero-order chi connectivity index (χ0) is 17.6. The molecule has 0 unspecified atom stereocenters. The van der Waals surface area contributed by atoms with E-state index in [0.29, 0.717) is 12.0 Å². The van der Waals surface area contributed by atoms with Gasteiger partial charge in [-0.05, 0) is 30.0 Å². The van der Waals surface area contributed by atoms with Crippen LogP contribution in [0.2, 0.25) is 0 Å². The Hall–Kier alpha value is -1.36. The number of hydrogen-bond acceptors (Lipinski definition) is 3. The van der Waals surface area contributed by atoms with Crippen LogP contribution >= 0.6 is 7.60 Å². The highest BCUT2D eigenvalue weighted by Gasteiger charge is 2.19. The van der Waals surface area contributed by atoms with Crippen LogP contribution in [0.3, 0.4) is 0 Å². The quantitative estimate of drug-likeness (QED) is 0.629. The van der Waals surface area contributed by atoms with Gasteiger partial charge in [-0.2, -0.15) is 0 Å². The molecule has 0 aliphatic heterocycles. The Balaban J connectivity index is 0.000000472. The molecule has 0 fully saturated rings. The minimum absolute atomic E-state index is 0.0312. The number of unbranched alkanes of at least 4 members (excludes halogenated alkanes) is 1. The maximum atomic E-state index is 10.7. The molecule has 0 spiro atoms. The van der Waals surface area contributed by atoms with Crippen LogP contribution in [0, 0.1) is 0 Å². The van der Waals surface area contributed by atoms with E-state index >= 15 is 0 Å². The molecule has 0 saturated heterocycles. The number of carbonyl (C=O) groups is 1. The van der Waals surface area contributed by atoms with Crippen LogP contribution in [0.1, 0.15) is 56.5 Å². The first-order chi connectivity index (χ1) is 9.88. The minimum atomic E-state index is -3.68. The van der Waals surface area contributed by atoms with Gasteiger partial charge in [0, 0.05) is 11.7 Å². The van der Waals surface area contributed by atoms with E-state index in [1.807, 2.05) is 27.7 Å². The van der Waals surface area contributed by atoms with Crippen molar-refractivity contribution in [1.29, 1.82) is 0 Å². The van der Waals surface area contributed by atoms with E-state index in [2.05, 4.69) is 0 Å². The van der Waals surface area contributed by atoms with Crippen molar-refractivity contribution in [2.24, 2.45) is 0 Å². The molecule has 6 nitrogen and oxygen atoms in total. The fourth-order valence-corrected chi connectivity index (χ4v) is 2.36. The van der Waals surface area contributed by atoms with Crippen molar-refractivity contribution in [2.75, 3.05) is 6.16 Å². The summed E-state index contributed by atoms with van der Waals surface area (Å²) in [4.78, 5) is 27.2. The van der Waals surface area contributed by atoms with E-state index in [1.54, 1.807) is 0 Å². The molecule has 0 radical (unpaired) electrons. The Kier molecular flexibility index (Phi) is 7.81. The van der Waals surface area contributed by atoms with Crippen molar-refractivity contribution in [3.05, 3.63) is 29.3 Å². The van der Waals surface area contributed by atoms with Gasteiger partial charge in [0.25, 0.3) is 0 Å². The number of phenolic OH excluding ortho intramolecular Hbond substituents is 1. The lowest BCUT2D eigenvalue weighted by atomic mass is 9.85. The third-order valence-corrected chi connectivity index (χ3v) is 3.75. The van der Waals surface area contributed by atoms with E-state index < -0.39 is 13.6 Å². The van der Waals surface area contributed by atoms with E-state index in [1.165, 1.54) is 18.2 Å². The second-order valence-electron chi connectivity index (χ2n) is 6.03. The summed E-state index contributed by atoms with van der Waals surface area (Å²) >= 11 is 0. The number of aromatic carboxylic acids is 1. The van der Waals surface area contributed by atoms with Gasteiger partial charge in [-0.25, -0.2) is 4.79 Å². The lowest BCUT2D eigenvalue weighted by Gasteiger charge is -2.20. The Morgan fingerprint density at radius 2 is 1.77 bits per heavy atom. The summed E-state index contributed by atoms with van der Waals surface area (Å²) in [6.45, 7) is 7.67. The third-order valence-electron chi connectivity index (χ3n) is 2.85. The van der Waals surface area contributed by atoms with Crippen LogP contribution in [-0.4, -0.2) is 32.1 Å².